The van der Waals surface area contributed by atoms with Gasteiger partial charge in [-0.1, -0.05) is 12.1 Å². The van der Waals surface area contributed by atoms with E-state index in [4.69, 9.17) is 14.0 Å². The standard InChI is InChI=1S/C20H17F3N2O4/c21-20(22,23)14-3-1-2-12(6-14)11-27-15-7-16(8-15)28-19-5-4-13(10-24-19)17-9-18(26)25-29-17/h1-6,9-10,15-16H,7-8,11H2,(H,25,26)/t15-,16+. The number of halogens is 3. The monoisotopic (exact) mass is 406 g/mol. The van der Waals surface area contributed by atoms with Crippen molar-refractivity contribution in [2.24, 2.45) is 0 Å². The highest BCUT2D eigenvalue weighted by Crippen LogP contribution is 2.32. The first-order chi connectivity index (χ1) is 13.9. The van der Waals surface area contributed by atoms with Crippen LogP contribution in [0.3, 0.4) is 0 Å². The Bertz CT molecular complexity index is 966. The van der Waals surface area contributed by atoms with E-state index in [1.807, 2.05) is 0 Å². The summed E-state index contributed by atoms with van der Waals surface area (Å²) in [7, 11) is 0. The number of hydrogen-bond acceptors (Lipinski definition) is 6. The molecule has 0 unspecified atom stereocenters. The summed E-state index contributed by atoms with van der Waals surface area (Å²) in [5.74, 6) is 0.637. The molecule has 0 bridgehead atoms. The Kier molecular flexibility index (Phi) is 5.14. The van der Waals surface area contributed by atoms with Gasteiger partial charge in [0.15, 0.2) is 5.76 Å². The number of pyridine rings is 1. The molecule has 1 aliphatic carbocycles. The molecule has 9 heteroatoms. The van der Waals surface area contributed by atoms with Crippen molar-refractivity contribution in [2.45, 2.75) is 37.8 Å². The largest absolute Gasteiger partial charge is 0.491 e. The normalized spacial score (nSPS) is 19.0. The van der Waals surface area contributed by atoms with Crippen molar-refractivity contribution < 1.29 is 32.3 Å². The van der Waals surface area contributed by atoms with Crippen molar-refractivity contribution in [1.82, 2.24) is 10.1 Å². The molecule has 2 heterocycles. The average Bonchev–Trinajstić information content (AvgIpc) is 3.10. The van der Waals surface area contributed by atoms with Crippen molar-refractivity contribution in [1.29, 1.82) is 0 Å². The topological polar surface area (TPSA) is 77.6 Å². The molecule has 0 aliphatic heterocycles. The molecular weight excluding hydrogens is 389 g/mol. The minimum absolute atomic E-state index is 0.0609. The molecular formula is C20H17F3N2O4. The highest BCUT2D eigenvalue weighted by atomic mass is 19.4. The molecule has 29 heavy (non-hydrogen) atoms. The molecule has 0 spiro atoms. The number of ether oxygens (including phenoxy) is 2. The van der Waals surface area contributed by atoms with Crippen LogP contribution in [0.15, 0.2) is 53.2 Å². The first-order valence-corrected chi connectivity index (χ1v) is 8.93. The maximum atomic E-state index is 12.7. The Balaban J connectivity index is 1.23. The zero-order valence-electron chi connectivity index (χ0n) is 15.1. The fraction of sp³-hybridized carbons (Fsp3) is 0.300. The van der Waals surface area contributed by atoms with Gasteiger partial charge in [0.05, 0.1) is 18.3 Å². The van der Waals surface area contributed by atoms with Gasteiger partial charge >= 0.3 is 6.18 Å². The van der Waals surface area contributed by atoms with Gasteiger partial charge in [-0.2, -0.15) is 13.2 Å². The summed E-state index contributed by atoms with van der Waals surface area (Å²) in [6.07, 6.45) is -1.66. The second kappa shape index (κ2) is 7.75. The lowest BCUT2D eigenvalue weighted by Gasteiger charge is -2.34. The average molecular weight is 406 g/mol. The van der Waals surface area contributed by atoms with Crippen LogP contribution < -0.4 is 4.74 Å². The minimum Gasteiger partial charge on any atom is -0.491 e. The zero-order chi connectivity index (χ0) is 20.4. The fourth-order valence-electron chi connectivity index (χ4n) is 2.97. The Morgan fingerprint density at radius 2 is 1.93 bits per heavy atom. The van der Waals surface area contributed by atoms with Gasteiger partial charge in [-0.3, -0.25) is 0 Å². The van der Waals surface area contributed by atoms with Crippen LogP contribution in [0.25, 0.3) is 11.3 Å². The first-order valence-electron chi connectivity index (χ1n) is 8.93. The van der Waals surface area contributed by atoms with E-state index in [-0.39, 0.29) is 24.7 Å². The van der Waals surface area contributed by atoms with Crippen LogP contribution in [0.1, 0.15) is 24.0 Å². The van der Waals surface area contributed by atoms with Gasteiger partial charge in [0.1, 0.15) is 6.10 Å². The van der Waals surface area contributed by atoms with Gasteiger partial charge in [0.25, 0.3) is 5.88 Å². The van der Waals surface area contributed by atoms with E-state index in [0.717, 1.165) is 12.1 Å². The second-order valence-corrected chi connectivity index (χ2v) is 6.78. The number of alkyl halides is 3. The van der Waals surface area contributed by atoms with E-state index < -0.39 is 11.7 Å². The van der Waals surface area contributed by atoms with Gasteiger partial charge in [-0.05, 0) is 28.9 Å². The van der Waals surface area contributed by atoms with Gasteiger partial charge in [-0.25, -0.2) is 4.98 Å². The van der Waals surface area contributed by atoms with Gasteiger partial charge in [0, 0.05) is 36.7 Å². The van der Waals surface area contributed by atoms with Crippen molar-refractivity contribution in [2.75, 3.05) is 0 Å². The maximum absolute atomic E-state index is 12.7. The van der Waals surface area contributed by atoms with Crippen molar-refractivity contribution in [3.63, 3.8) is 0 Å². The third-order valence-corrected chi connectivity index (χ3v) is 4.60. The summed E-state index contributed by atoms with van der Waals surface area (Å²) in [6, 6.07) is 9.95. The molecule has 1 fully saturated rings. The molecule has 2 aromatic heterocycles. The molecule has 1 aliphatic rings. The Morgan fingerprint density at radius 3 is 2.59 bits per heavy atom. The third kappa shape index (κ3) is 4.68. The van der Waals surface area contributed by atoms with E-state index in [2.05, 4.69) is 10.1 Å². The summed E-state index contributed by atoms with van der Waals surface area (Å²) >= 11 is 0. The van der Waals surface area contributed by atoms with Crippen molar-refractivity contribution >= 4 is 0 Å². The van der Waals surface area contributed by atoms with Crippen molar-refractivity contribution in [3.05, 3.63) is 59.8 Å². The summed E-state index contributed by atoms with van der Waals surface area (Å²) in [4.78, 5) is 4.20. The number of aromatic hydroxyl groups is 1. The highest BCUT2D eigenvalue weighted by molar-refractivity contribution is 5.57. The molecule has 3 aromatic rings. The second-order valence-electron chi connectivity index (χ2n) is 6.78. The minimum atomic E-state index is -4.36. The molecule has 1 aromatic carbocycles. The Labute approximate surface area is 163 Å². The molecule has 1 N–H and O–H groups in total. The number of hydrogen-bond donors (Lipinski definition) is 1. The quantitative estimate of drug-likeness (QED) is 0.645. The predicted octanol–water partition coefficient (Wildman–Crippen LogP) is 4.59. The molecule has 1 saturated carbocycles. The fourth-order valence-corrected chi connectivity index (χ4v) is 2.97. The van der Waals surface area contributed by atoms with Crippen LogP contribution in [0.2, 0.25) is 0 Å². The van der Waals surface area contributed by atoms with Crippen molar-refractivity contribution in [3.8, 4) is 23.1 Å². The summed E-state index contributed by atoms with van der Waals surface area (Å²) in [5, 5.41) is 12.6. The van der Waals surface area contributed by atoms with Gasteiger partial charge in [-0.15, -0.1) is 0 Å². The predicted molar refractivity (Wildman–Crippen MR) is 95.1 cm³/mol. The lowest BCUT2D eigenvalue weighted by Crippen LogP contribution is -2.39. The van der Waals surface area contributed by atoms with Crippen LogP contribution in [0, 0.1) is 0 Å². The third-order valence-electron chi connectivity index (χ3n) is 4.60. The molecule has 152 valence electrons. The van der Waals surface area contributed by atoms with Crippen LogP contribution >= 0.6 is 0 Å². The molecule has 0 saturated heterocycles. The SMILES string of the molecule is Oc1cc(-c2ccc(O[C@H]3C[C@@H](OCc4cccc(C(F)(F)F)c4)C3)nc2)on1. The van der Waals surface area contributed by atoms with E-state index >= 15 is 0 Å². The van der Waals surface area contributed by atoms with Crippen LogP contribution in [0.4, 0.5) is 13.2 Å². The molecule has 0 atom stereocenters. The molecule has 4 rings (SSSR count). The molecule has 6 nitrogen and oxygen atoms in total. The maximum Gasteiger partial charge on any atom is 0.416 e. The summed E-state index contributed by atoms with van der Waals surface area (Å²) in [5.41, 5.74) is 0.462. The molecule has 0 amide bonds. The van der Waals surface area contributed by atoms with Crippen LogP contribution in [0.5, 0.6) is 11.8 Å². The number of aromatic nitrogens is 2. The van der Waals surface area contributed by atoms with Gasteiger partial charge < -0.3 is 19.1 Å². The van der Waals surface area contributed by atoms with Gasteiger partial charge in [0.2, 0.25) is 5.88 Å². The lowest BCUT2D eigenvalue weighted by atomic mass is 9.92. The number of rotatable bonds is 6. The van der Waals surface area contributed by atoms with E-state index in [1.165, 1.54) is 12.1 Å². The van der Waals surface area contributed by atoms with E-state index in [9.17, 15) is 18.3 Å². The van der Waals surface area contributed by atoms with Crippen LogP contribution in [-0.2, 0) is 17.5 Å². The zero-order valence-corrected chi connectivity index (χ0v) is 15.1. The summed E-state index contributed by atoms with van der Waals surface area (Å²) in [6.45, 7) is 0.123. The van der Waals surface area contributed by atoms with E-state index in [0.29, 0.717) is 35.6 Å². The Morgan fingerprint density at radius 1 is 1.10 bits per heavy atom. The van der Waals surface area contributed by atoms with Crippen LogP contribution in [-0.4, -0.2) is 27.5 Å². The van der Waals surface area contributed by atoms with E-state index in [1.54, 1.807) is 24.4 Å². The first kappa shape index (κ1) is 19.3. The lowest BCUT2D eigenvalue weighted by molar-refractivity contribution is -0.137. The number of benzene rings is 1. The highest BCUT2D eigenvalue weighted by Gasteiger charge is 2.33. The smallest absolute Gasteiger partial charge is 0.416 e. The Hall–Kier alpha value is -3.07. The number of nitrogens with zero attached hydrogens (tertiary/aromatic N) is 2. The summed E-state index contributed by atoms with van der Waals surface area (Å²) < 4.78 is 54.6. The molecule has 0 radical (unpaired) electrons.